The molecule has 0 atom stereocenters. The largest absolute Gasteiger partial charge is 0.382 e. The fraction of sp³-hybridized carbons (Fsp3) is 0.435. The molecule has 2 fully saturated rings. The maximum Gasteiger partial charge on any atom is 0.257 e. The van der Waals surface area contributed by atoms with Crippen molar-refractivity contribution in [3.8, 4) is 0 Å². The number of nitrogens with zero attached hydrogens (tertiary/aromatic N) is 1. The molecule has 2 saturated heterocycles. The molecule has 2 aromatic carbocycles. The molecular formula is C23H29N3O2. The molecule has 148 valence electrons. The van der Waals surface area contributed by atoms with Gasteiger partial charge in [0.05, 0.1) is 5.56 Å². The van der Waals surface area contributed by atoms with Crippen molar-refractivity contribution < 1.29 is 9.53 Å². The summed E-state index contributed by atoms with van der Waals surface area (Å²) in [5.74, 6) is -0.0456. The first-order chi connectivity index (χ1) is 13.7. The second-order valence-electron chi connectivity index (χ2n) is 7.78. The molecule has 2 aliphatic rings. The standard InChI is InChI=1S/C23H29N3O2/c1-17-4-9-22(26-12-2-3-13-26)21(16-17)23(27)25-19-7-5-18(6-8-19)24-20-10-14-28-15-11-20/h4-9,16,20,24H,2-3,10-15H2,1H3,(H,25,27). The van der Waals surface area contributed by atoms with Crippen molar-refractivity contribution in [2.45, 2.75) is 38.6 Å². The Morgan fingerprint density at radius 3 is 2.39 bits per heavy atom. The van der Waals surface area contributed by atoms with Gasteiger partial charge >= 0.3 is 0 Å². The summed E-state index contributed by atoms with van der Waals surface area (Å²) >= 11 is 0. The van der Waals surface area contributed by atoms with Gasteiger partial charge in [0.1, 0.15) is 0 Å². The number of rotatable bonds is 5. The Labute approximate surface area is 167 Å². The van der Waals surface area contributed by atoms with Crippen LogP contribution in [0.3, 0.4) is 0 Å². The molecule has 2 heterocycles. The normalized spacial score (nSPS) is 17.5. The van der Waals surface area contributed by atoms with E-state index in [1.807, 2.05) is 37.3 Å². The minimum atomic E-state index is -0.0456. The third-order valence-electron chi connectivity index (χ3n) is 5.58. The second kappa shape index (κ2) is 8.65. The highest BCUT2D eigenvalue weighted by Crippen LogP contribution is 2.27. The summed E-state index contributed by atoms with van der Waals surface area (Å²) in [6.07, 6.45) is 4.45. The first kappa shape index (κ1) is 18.8. The number of hydrogen-bond acceptors (Lipinski definition) is 4. The molecule has 2 aromatic rings. The zero-order valence-corrected chi connectivity index (χ0v) is 16.5. The topological polar surface area (TPSA) is 53.6 Å². The third kappa shape index (κ3) is 4.47. The van der Waals surface area contributed by atoms with E-state index >= 15 is 0 Å². The van der Waals surface area contributed by atoms with Crippen LogP contribution in [0.15, 0.2) is 42.5 Å². The van der Waals surface area contributed by atoms with Crippen LogP contribution in [-0.2, 0) is 4.74 Å². The van der Waals surface area contributed by atoms with Crippen LogP contribution in [0.2, 0.25) is 0 Å². The quantitative estimate of drug-likeness (QED) is 0.806. The molecule has 0 aliphatic carbocycles. The summed E-state index contributed by atoms with van der Waals surface area (Å²) in [5, 5.41) is 6.61. The fourth-order valence-corrected chi connectivity index (χ4v) is 3.99. The third-order valence-corrected chi connectivity index (χ3v) is 5.58. The molecule has 0 unspecified atom stereocenters. The molecule has 4 rings (SSSR count). The van der Waals surface area contributed by atoms with Crippen molar-refractivity contribution in [2.24, 2.45) is 0 Å². The van der Waals surface area contributed by atoms with Gasteiger partial charge in [-0.25, -0.2) is 0 Å². The van der Waals surface area contributed by atoms with E-state index < -0.39 is 0 Å². The lowest BCUT2D eigenvalue weighted by Gasteiger charge is -2.24. The van der Waals surface area contributed by atoms with Crippen LogP contribution in [0.1, 0.15) is 41.6 Å². The molecule has 1 amide bonds. The molecule has 0 saturated carbocycles. The highest BCUT2D eigenvalue weighted by molar-refractivity contribution is 6.08. The molecule has 0 bridgehead atoms. The summed E-state index contributed by atoms with van der Waals surface area (Å²) in [6, 6.07) is 14.6. The highest BCUT2D eigenvalue weighted by Gasteiger charge is 2.20. The molecule has 2 aliphatic heterocycles. The summed E-state index contributed by atoms with van der Waals surface area (Å²) in [4.78, 5) is 15.3. The minimum absolute atomic E-state index is 0.0456. The van der Waals surface area contributed by atoms with Gasteiger partial charge < -0.3 is 20.3 Å². The second-order valence-corrected chi connectivity index (χ2v) is 7.78. The summed E-state index contributed by atoms with van der Waals surface area (Å²) < 4.78 is 5.41. The fourth-order valence-electron chi connectivity index (χ4n) is 3.99. The van der Waals surface area contributed by atoms with Crippen molar-refractivity contribution in [1.82, 2.24) is 0 Å². The summed E-state index contributed by atoms with van der Waals surface area (Å²) in [5.41, 5.74) is 4.79. The van der Waals surface area contributed by atoms with Crippen molar-refractivity contribution in [1.29, 1.82) is 0 Å². The number of amides is 1. The Hall–Kier alpha value is -2.53. The first-order valence-electron chi connectivity index (χ1n) is 10.3. The van der Waals surface area contributed by atoms with E-state index in [-0.39, 0.29) is 5.91 Å². The van der Waals surface area contributed by atoms with Crippen LogP contribution < -0.4 is 15.5 Å². The average Bonchev–Trinajstić information content (AvgIpc) is 3.25. The molecule has 28 heavy (non-hydrogen) atoms. The van der Waals surface area contributed by atoms with Gasteiger partial charge in [-0.05, 0) is 69.0 Å². The number of carbonyl (C=O) groups excluding carboxylic acids is 1. The predicted molar refractivity (Wildman–Crippen MR) is 114 cm³/mol. The molecule has 5 nitrogen and oxygen atoms in total. The van der Waals surface area contributed by atoms with Gasteiger partial charge in [0.2, 0.25) is 0 Å². The summed E-state index contributed by atoms with van der Waals surface area (Å²) in [7, 11) is 0. The number of benzene rings is 2. The van der Waals surface area contributed by atoms with Gasteiger partial charge in [-0.3, -0.25) is 4.79 Å². The van der Waals surface area contributed by atoms with Crippen LogP contribution in [0.5, 0.6) is 0 Å². The zero-order chi connectivity index (χ0) is 19.3. The maximum atomic E-state index is 13.0. The smallest absolute Gasteiger partial charge is 0.257 e. The number of ether oxygens (including phenoxy) is 1. The van der Waals surface area contributed by atoms with Crippen molar-refractivity contribution in [3.05, 3.63) is 53.6 Å². The molecule has 5 heteroatoms. The SMILES string of the molecule is Cc1ccc(N2CCCC2)c(C(=O)Nc2ccc(NC3CCOCC3)cc2)c1. The Bertz CT molecular complexity index is 807. The average molecular weight is 380 g/mol. The summed E-state index contributed by atoms with van der Waals surface area (Å²) in [6.45, 7) is 5.72. The van der Waals surface area contributed by atoms with Gasteiger partial charge in [0.25, 0.3) is 5.91 Å². The van der Waals surface area contributed by atoms with Crippen LogP contribution in [0, 0.1) is 6.92 Å². The van der Waals surface area contributed by atoms with Crippen LogP contribution >= 0.6 is 0 Å². The lowest BCUT2D eigenvalue weighted by atomic mass is 10.1. The van der Waals surface area contributed by atoms with Crippen molar-refractivity contribution >= 4 is 23.0 Å². The van der Waals surface area contributed by atoms with Crippen LogP contribution in [0.4, 0.5) is 17.1 Å². The van der Waals surface area contributed by atoms with E-state index in [1.54, 1.807) is 0 Å². The Balaban J connectivity index is 1.44. The van der Waals surface area contributed by atoms with Crippen molar-refractivity contribution in [2.75, 3.05) is 41.8 Å². The van der Waals surface area contributed by atoms with E-state index in [4.69, 9.17) is 4.74 Å². The van der Waals surface area contributed by atoms with Gasteiger partial charge in [-0.2, -0.15) is 0 Å². The molecule has 0 radical (unpaired) electrons. The zero-order valence-electron chi connectivity index (χ0n) is 16.5. The predicted octanol–water partition coefficient (Wildman–Crippen LogP) is 4.44. The van der Waals surface area contributed by atoms with Gasteiger partial charge in [0, 0.05) is 49.4 Å². The number of aryl methyl sites for hydroxylation is 1. The lowest BCUT2D eigenvalue weighted by molar-refractivity contribution is 0.0904. The van der Waals surface area contributed by atoms with Gasteiger partial charge in [-0.1, -0.05) is 11.6 Å². The van der Waals surface area contributed by atoms with Crippen LogP contribution in [0.25, 0.3) is 0 Å². The van der Waals surface area contributed by atoms with E-state index in [2.05, 4.69) is 27.7 Å². The Kier molecular flexibility index (Phi) is 5.81. The first-order valence-corrected chi connectivity index (χ1v) is 10.3. The number of carbonyl (C=O) groups is 1. The van der Waals surface area contributed by atoms with Crippen LogP contribution in [-0.4, -0.2) is 38.3 Å². The maximum absolute atomic E-state index is 13.0. The van der Waals surface area contributed by atoms with Gasteiger partial charge in [0.15, 0.2) is 0 Å². The highest BCUT2D eigenvalue weighted by atomic mass is 16.5. The molecule has 0 aromatic heterocycles. The van der Waals surface area contributed by atoms with Gasteiger partial charge in [-0.15, -0.1) is 0 Å². The molecular weight excluding hydrogens is 350 g/mol. The van der Waals surface area contributed by atoms with Crippen molar-refractivity contribution in [3.63, 3.8) is 0 Å². The van der Waals surface area contributed by atoms with E-state index in [0.717, 1.165) is 67.3 Å². The Morgan fingerprint density at radius 2 is 1.68 bits per heavy atom. The minimum Gasteiger partial charge on any atom is -0.382 e. The number of anilines is 3. The number of nitrogens with one attached hydrogen (secondary N) is 2. The Morgan fingerprint density at radius 1 is 1.00 bits per heavy atom. The number of hydrogen-bond donors (Lipinski definition) is 2. The van der Waals surface area contributed by atoms with E-state index in [9.17, 15) is 4.79 Å². The lowest BCUT2D eigenvalue weighted by Crippen LogP contribution is -2.27. The molecule has 0 spiro atoms. The monoisotopic (exact) mass is 379 g/mol. The van der Waals surface area contributed by atoms with E-state index in [0.29, 0.717) is 6.04 Å². The van der Waals surface area contributed by atoms with E-state index in [1.165, 1.54) is 12.8 Å². The molecule has 2 N–H and O–H groups in total.